The maximum Gasteiger partial charge on any atom is 0.266 e. The fourth-order valence-electron chi connectivity index (χ4n) is 1.17. The lowest BCUT2D eigenvalue weighted by atomic mass is 9.81. The number of rotatable bonds is 0. The molecule has 1 aliphatic heterocycles. The van der Waals surface area contributed by atoms with Crippen LogP contribution in [0.25, 0.3) is 0 Å². The summed E-state index contributed by atoms with van der Waals surface area (Å²) in [5.74, 6) is 0.458. The van der Waals surface area contributed by atoms with Crippen LogP contribution in [0.5, 0.6) is 0 Å². The minimum absolute atomic E-state index is 0.230. The van der Waals surface area contributed by atoms with E-state index in [9.17, 15) is 4.57 Å². The zero-order valence-corrected chi connectivity index (χ0v) is 9.15. The van der Waals surface area contributed by atoms with E-state index < -0.39 is 7.52 Å². The summed E-state index contributed by atoms with van der Waals surface area (Å²) in [4.78, 5) is 0. The highest BCUT2D eigenvalue weighted by atomic mass is 31.2. The van der Waals surface area contributed by atoms with Crippen LogP contribution in [0.2, 0.25) is 0 Å². The van der Waals surface area contributed by atoms with Crippen molar-refractivity contribution >= 4 is 7.52 Å². The van der Waals surface area contributed by atoms with Crippen molar-refractivity contribution in [2.75, 3.05) is 19.8 Å². The Balaban J connectivity index is 2.53. The zero-order chi connectivity index (χ0) is 9.41. The Morgan fingerprint density at radius 2 is 2.08 bits per heavy atom. The Hall–Kier alpha value is 0.150. The molecule has 0 aromatic heterocycles. The molecule has 1 rings (SSSR count). The number of hydrogen-bond acceptors (Lipinski definition) is 2. The summed E-state index contributed by atoms with van der Waals surface area (Å²) in [5.41, 5.74) is 0.230. The minimum Gasteiger partial charge on any atom is -0.317 e. The molecular formula is C8H18NO2P. The maximum atomic E-state index is 11.4. The normalized spacial score (nSPS) is 38.2. The average Bonchev–Trinajstić information content (AvgIpc) is 1.83. The van der Waals surface area contributed by atoms with E-state index in [-0.39, 0.29) is 5.41 Å². The molecule has 2 atom stereocenters. The minimum atomic E-state index is -2.44. The molecule has 1 aliphatic rings. The highest BCUT2D eigenvalue weighted by molar-refractivity contribution is 7.56. The van der Waals surface area contributed by atoms with Gasteiger partial charge in [-0.3, -0.25) is 4.57 Å². The first-order valence-electron chi connectivity index (χ1n) is 4.28. The van der Waals surface area contributed by atoms with Gasteiger partial charge in [0.1, 0.15) is 0 Å². The van der Waals surface area contributed by atoms with Crippen molar-refractivity contribution in [2.24, 2.45) is 11.3 Å². The van der Waals surface area contributed by atoms with Gasteiger partial charge in [-0.05, 0) is 5.41 Å². The lowest BCUT2D eigenvalue weighted by Gasteiger charge is -2.36. The lowest BCUT2D eigenvalue weighted by molar-refractivity contribution is 0.129. The standard InChI is InChI=1S/C8H18NO2P/c1-8(2,3)7-5-9-12(4,10)11-6-7/h7H,5-6H2,1-4H3,(H,9,10). The Labute approximate surface area is 74.4 Å². The molecule has 0 saturated carbocycles. The van der Waals surface area contributed by atoms with Gasteiger partial charge in [-0.2, -0.15) is 0 Å². The fraction of sp³-hybridized carbons (Fsp3) is 1.00. The zero-order valence-electron chi connectivity index (χ0n) is 8.26. The molecule has 0 radical (unpaired) electrons. The molecule has 3 nitrogen and oxygen atoms in total. The van der Waals surface area contributed by atoms with Crippen molar-refractivity contribution in [3.8, 4) is 0 Å². The summed E-state index contributed by atoms with van der Waals surface area (Å²) in [7, 11) is -2.44. The molecule has 0 aromatic carbocycles. The van der Waals surface area contributed by atoms with Crippen LogP contribution in [0.3, 0.4) is 0 Å². The second-order valence-corrected chi connectivity index (χ2v) is 6.83. The second-order valence-electron chi connectivity index (χ2n) is 4.57. The molecule has 0 aliphatic carbocycles. The van der Waals surface area contributed by atoms with Crippen LogP contribution in [-0.4, -0.2) is 19.8 Å². The molecule has 1 fully saturated rings. The van der Waals surface area contributed by atoms with E-state index in [1.54, 1.807) is 6.66 Å². The van der Waals surface area contributed by atoms with Crippen molar-refractivity contribution in [1.82, 2.24) is 5.09 Å². The van der Waals surface area contributed by atoms with Gasteiger partial charge in [-0.25, -0.2) is 5.09 Å². The van der Waals surface area contributed by atoms with Gasteiger partial charge in [0.25, 0.3) is 7.52 Å². The van der Waals surface area contributed by atoms with E-state index in [1.807, 2.05) is 0 Å². The Bertz CT molecular complexity index is 198. The third-order valence-corrected chi connectivity index (χ3v) is 3.77. The maximum absolute atomic E-state index is 11.4. The van der Waals surface area contributed by atoms with Crippen molar-refractivity contribution in [1.29, 1.82) is 0 Å². The topological polar surface area (TPSA) is 38.3 Å². The summed E-state index contributed by atoms with van der Waals surface area (Å²) in [5, 5.41) is 2.95. The molecule has 0 bridgehead atoms. The summed E-state index contributed by atoms with van der Waals surface area (Å²) < 4.78 is 16.6. The largest absolute Gasteiger partial charge is 0.317 e. The first-order chi connectivity index (χ1) is 5.31. The molecule has 2 unspecified atom stereocenters. The van der Waals surface area contributed by atoms with Crippen molar-refractivity contribution in [3.05, 3.63) is 0 Å². The van der Waals surface area contributed by atoms with Gasteiger partial charge in [-0.15, -0.1) is 0 Å². The molecule has 0 spiro atoms. The first-order valence-corrected chi connectivity index (χ1v) is 6.36. The van der Waals surface area contributed by atoms with E-state index in [2.05, 4.69) is 25.9 Å². The molecular weight excluding hydrogens is 173 g/mol. The summed E-state index contributed by atoms with van der Waals surface area (Å²) >= 11 is 0. The summed E-state index contributed by atoms with van der Waals surface area (Å²) in [6.07, 6.45) is 0. The van der Waals surface area contributed by atoms with E-state index in [4.69, 9.17) is 4.52 Å². The molecule has 0 amide bonds. The van der Waals surface area contributed by atoms with Gasteiger partial charge < -0.3 is 4.52 Å². The SMILES string of the molecule is CC(C)(C)C1CNP(C)(=O)OC1. The van der Waals surface area contributed by atoms with Crippen LogP contribution in [0.1, 0.15) is 20.8 Å². The van der Waals surface area contributed by atoms with Gasteiger partial charge in [0, 0.05) is 19.1 Å². The van der Waals surface area contributed by atoms with Gasteiger partial charge in [-0.1, -0.05) is 20.8 Å². The van der Waals surface area contributed by atoms with E-state index in [1.165, 1.54) is 0 Å². The number of nitrogens with one attached hydrogen (secondary N) is 1. The average molecular weight is 191 g/mol. The van der Waals surface area contributed by atoms with Crippen molar-refractivity contribution in [2.45, 2.75) is 20.8 Å². The fourth-order valence-corrected chi connectivity index (χ4v) is 2.28. The van der Waals surface area contributed by atoms with E-state index >= 15 is 0 Å². The number of hydrogen-bond donors (Lipinski definition) is 1. The molecule has 1 heterocycles. The van der Waals surface area contributed by atoms with Gasteiger partial charge >= 0.3 is 0 Å². The summed E-state index contributed by atoms with van der Waals surface area (Å²) in [6.45, 7) is 9.57. The van der Waals surface area contributed by atoms with E-state index in [0.717, 1.165) is 6.54 Å². The molecule has 1 saturated heterocycles. The van der Waals surface area contributed by atoms with Crippen LogP contribution in [-0.2, 0) is 9.09 Å². The third kappa shape index (κ3) is 2.58. The van der Waals surface area contributed by atoms with Crippen LogP contribution in [0, 0.1) is 11.3 Å². The Morgan fingerprint density at radius 3 is 2.42 bits per heavy atom. The first kappa shape index (κ1) is 10.2. The molecule has 1 N–H and O–H groups in total. The van der Waals surface area contributed by atoms with Crippen molar-refractivity contribution in [3.63, 3.8) is 0 Å². The third-order valence-electron chi connectivity index (χ3n) is 2.37. The quantitative estimate of drug-likeness (QED) is 0.596. The van der Waals surface area contributed by atoms with Crippen LogP contribution in [0.15, 0.2) is 0 Å². The van der Waals surface area contributed by atoms with E-state index in [0.29, 0.717) is 12.5 Å². The highest BCUT2D eigenvalue weighted by Crippen LogP contribution is 2.43. The van der Waals surface area contributed by atoms with Crippen LogP contribution < -0.4 is 5.09 Å². The van der Waals surface area contributed by atoms with Gasteiger partial charge in [0.2, 0.25) is 0 Å². The highest BCUT2D eigenvalue weighted by Gasteiger charge is 2.32. The predicted octanol–water partition coefficient (Wildman–Crippen LogP) is 2.09. The Morgan fingerprint density at radius 1 is 1.50 bits per heavy atom. The lowest BCUT2D eigenvalue weighted by Crippen LogP contribution is -2.38. The second kappa shape index (κ2) is 3.13. The smallest absolute Gasteiger partial charge is 0.266 e. The van der Waals surface area contributed by atoms with Gasteiger partial charge in [0.05, 0.1) is 6.61 Å². The molecule has 72 valence electrons. The molecule has 12 heavy (non-hydrogen) atoms. The Kier molecular flexibility index (Phi) is 2.67. The summed E-state index contributed by atoms with van der Waals surface area (Å²) in [6, 6.07) is 0. The predicted molar refractivity (Wildman–Crippen MR) is 50.4 cm³/mol. The monoisotopic (exact) mass is 191 g/mol. The van der Waals surface area contributed by atoms with Crippen LogP contribution >= 0.6 is 7.52 Å². The molecule has 4 heteroatoms. The molecule has 0 aromatic rings. The van der Waals surface area contributed by atoms with Crippen molar-refractivity contribution < 1.29 is 9.09 Å². The van der Waals surface area contributed by atoms with Crippen LogP contribution in [0.4, 0.5) is 0 Å². The van der Waals surface area contributed by atoms with Gasteiger partial charge in [0.15, 0.2) is 0 Å².